The second-order valence-electron chi connectivity index (χ2n) is 8.78. The minimum atomic E-state index is -0.412. The molecule has 3 amide bonds. The van der Waals surface area contributed by atoms with Crippen LogP contribution in [0, 0.1) is 0 Å². The van der Waals surface area contributed by atoms with Crippen molar-refractivity contribution in [3.8, 4) is 11.3 Å². The Balaban J connectivity index is 1.46. The normalized spacial score (nSPS) is 11.2. The number of hydrogen-bond donors (Lipinski definition) is 5. The van der Waals surface area contributed by atoms with E-state index in [2.05, 4.69) is 26.1 Å². The van der Waals surface area contributed by atoms with Crippen LogP contribution in [0.5, 0.6) is 0 Å². The Morgan fingerprint density at radius 3 is 2.21 bits per heavy atom. The molecule has 0 saturated carbocycles. The van der Waals surface area contributed by atoms with Gasteiger partial charge in [-0.2, -0.15) is 5.10 Å². The summed E-state index contributed by atoms with van der Waals surface area (Å²) in [5.41, 5.74) is 8.35. The molecule has 0 bridgehead atoms. The molecule has 0 saturated heterocycles. The van der Waals surface area contributed by atoms with Gasteiger partial charge in [0, 0.05) is 22.5 Å². The van der Waals surface area contributed by atoms with Crippen molar-refractivity contribution in [2.75, 3.05) is 16.4 Å². The Labute approximate surface area is 191 Å². The van der Waals surface area contributed by atoms with Gasteiger partial charge in [0.15, 0.2) is 5.82 Å². The lowest BCUT2D eigenvalue weighted by Gasteiger charge is -2.20. The number of aromatic amines is 1. The van der Waals surface area contributed by atoms with E-state index in [1.54, 1.807) is 24.3 Å². The molecule has 0 fully saturated rings. The van der Waals surface area contributed by atoms with Crippen molar-refractivity contribution in [3.05, 3.63) is 72.3 Å². The third kappa shape index (κ3) is 5.12. The summed E-state index contributed by atoms with van der Waals surface area (Å²) >= 11 is 0. The zero-order chi connectivity index (χ0) is 23.6. The average Bonchev–Trinajstić information content (AvgIpc) is 3.14. The van der Waals surface area contributed by atoms with Crippen LogP contribution in [-0.2, 0) is 0 Å². The van der Waals surface area contributed by atoms with Crippen molar-refractivity contribution in [2.24, 2.45) is 0 Å². The molecule has 0 unspecified atom stereocenters. The van der Waals surface area contributed by atoms with Gasteiger partial charge in [-0.15, -0.1) is 0 Å². The highest BCUT2D eigenvalue weighted by Crippen LogP contribution is 2.27. The van der Waals surface area contributed by atoms with Gasteiger partial charge in [0.05, 0.1) is 5.69 Å². The first-order chi connectivity index (χ1) is 15.7. The monoisotopic (exact) mass is 442 g/mol. The number of aromatic nitrogens is 2. The molecular formula is C25H26N6O2. The highest BCUT2D eigenvalue weighted by Gasteiger charge is 2.23. The molecule has 4 rings (SSSR count). The number of amides is 3. The maximum absolute atomic E-state index is 12.7. The van der Waals surface area contributed by atoms with Crippen molar-refractivity contribution in [2.45, 2.75) is 26.3 Å². The van der Waals surface area contributed by atoms with Crippen LogP contribution in [0.15, 0.2) is 66.7 Å². The number of nitrogen functional groups attached to an aromatic ring is 1. The zero-order valence-electron chi connectivity index (χ0n) is 18.7. The van der Waals surface area contributed by atoms with E-state index in [0.717, 1.165) is 16.3 Å². The molecule has 4 aromatic rings. The smallest absolute Gasteiger partial charge is 0.323 e. The second-order valence-corrected chi connectivity index (χ2v) is 8.78. The molecule has 3 aromatic carbocycles. The highest BCUT2D eigenvalue weighted by atomic mass is 16.2. The second kappa shape index (κ2) is 8.66. The number of benzene rings is 3. The number of fused-ring (bicyclic) bond motifs is 1. The third-order valence-corrected chi connectivity index (χ3v) is 4.95. The lowest BCUT2D eigenvalue weighted by Crippen LogP contribution is -2.40. The Bertz CT molecular complexity index is 1320. The van der Waals surface area contributed by atoms with E-state index in [9.17, 15) is 9.59 Å². The summed E-state index contributed by atoms with van der Waals surface area (Å²) < 4.78 is 0. The van der Waals surface area contributed by atoms with E-state index in [4.69, 9.17) is 5.73 Å². The molecule has 33 heavy (non-hydrogen) atoms. The molecule has 8 nitrogen and oxygen atoms in total. The Hall–Kier alpha value is -4.33. The average molecular weight is 443 g/mol. The van der Waals surface area contributed by atoms with Crippen LogP contribution in [-0.4, -0.2) is 27.7 Å². The zero-order valence-corrected chi connectivity index (χ0v) is 18.7. The Morgan fingerprint density at radius 1 is 0.879 bits per heavy atom. The lowest BCUT2D eigenvalue weighted by molar-refractivity contribution is 0.0921. The molecule has 1 heterocycles. The van der Waals surface area contributed by atoms with Gasteiger partial charge in [-0.25, -0.2) is 4.79 Å². The number of hydrogen-bond acceptors (Lipinski definition) is 4. The van der Waals surface area contributed by atoms with E-state index in [1.807, 2.05) is 63.2 Å². The molecule has 1 aromatic heterocycles. The van der Waals surface area contributed by atoms with Gasteiger partial charge in [-0.05, 0) is 55.8 Å². The van der Waals surface area contributed by atoms with Gasteiger partial charge in [-0.1, -0.05) is 42.5 Å². The van der Waals surface area contributed by atoms with Gasteiger partial charge in [0.25, 0.3) is 5.91 Å². The quantitative estimate of drug-likeness (QED) is 0.305. The SMILES string of the molecule is CC(C)(C)NC(=O)c1c(N)n[nH]c1-c1ccc(NC(=O)Nc2ccc3ccccc3c2)cc1. The first-order valence-corrected chi connectivity index (χ1v) is 10.5. The topological polar surface area (TPSA) is 125 Å². The maximum atomic E-state index is 12.7. The van der Waals surface area contributed by atoms with Gasteiger partial charge in [0.1, 0.15) is 5.56 Å². The number of nitrogens with two attached hydrogens (primary N) is 1. The summed E-state index contributed by atoms with van der Waals surface area (Å²) in [6.07, 6.45) is 0. The molecule has 6 N–H and O–H groups in total. The van der Waals surface area contributed by atoms with E-state index in [1.165, 1.54) is 0 Å². The number of carbonyl (C=O) groups is 2. The van der Waals surface area contributed by atoms with Gasteiger partial charge in [-0.3, -0.25) is 9.89 Å². The van der Waals surface area contributed by atoms with Crippen LogP contribution in [0.3, 0.4) is 0 Å². The summed E-state index contributed by atoms with van der Waals surface area (Å²) in [5.74, 6) is -0.176. The Morgan fingerprint density at radius 2 is 1.52 bits per heavy atom. The van der Waals surface area contributed by atoms with Crippen LogP contribution >= 0.6 is 0 Å². The van der Waals surface area contributed by atoms with Crippen molar-refractivity contribution < 1.29 is 9.59 Å². The molecule has 168 valence electrons. The summed E-state index contributed by atoms with van der Waals surface area (Å²) in [6, 6.07) is 20.4. The maximum Gasteiger partial charge on any atom is 0.323 e. The van der Waals surface area contributed by atoms with Crippen LogP contribution in [0.25, 0.3) is 22.0 Å². The Kier molecular flexibility index (Phi) is 5.74. The predicted octanol–water partition coefficient (Wildman–Crippen LogP) is 4.98. The van der Waals surface area contributed by atoms with Crippen LogP contribution < -0.4 is 21.7 Å². The van der Waals surface area contributed by atoms with Gasteiger partial charge >= 0.3 is 6.03 Å². The molecular weight excluding hydrogens is 416 g/mol. The molecule has 0 spiro atoms. The van der Waals surface area contributed by atoms with Crippen molar-refractivity contribution in [1.82, 2.24) is 15.5 Å². The number of rotatable bonds is 4. The van der Waals surface area contributed by atoms with E-state index >= 15 is 0 Å². The largest absolute Gasteiger partial charge is 0.382 e. The van der Waals surface area contributed by atoms with Crippen LogP contribution in [0.1, 0.15) is 31.1 Å². The molecule has 0 atom stereocenters. The van der Waals surface area contributed by atoms with E-state index < -0.39 is 5.54 Å². The molecule has 0 aliphatic rings. The number of anilines is 3. The summed E-state index contributed by atoms with van der Waals surface area (Å²) in [5, 5.41) is 17.5. The van der Waals surface area contributed by atoms with Crippen molar-refractivity contribution in [3.63, 3.8) is 0 Å². The van der Waals surface area contributed by atoms with Gasteiger partial charge < -0.3 is 21.7 Å². The summed E-state index contributed by atoms with van der Waals surface area (Å²) in [6.45, 7) is 5.68. The number of urea groups is 1. The van der Waals surface area contributed by atoms with Crippen LogP contribution in [0.2, 0.25) is 0 Å². The van der Waals surface area contributed by atoms with Crippen molar-refractivity contribution in [1.29, 1.82) is 0 Å². The fourth-order valence-corrected chi connectivity index (χ4v) is 3.48. The van der Waals surface area contributed by atoms with Crippen LogP contribution in [0.4, 0.5) is 22.0 Å². The first kappa shape index (κ1) is 21.9. The molecule has 0 radical (unpaired) electrons. The van der Waals surface area contributed by atoms with E-state index in [-0.39, 0.29) is 17.8 Å². The molecule has 8 heteroatoms. The first-order valence-electron chi connectivity index (χ1n) is 10.5. The third-order valence-electron chi connectivity index (χ3n) is 4.95. The lowest BCUT2D eigenvalue weighted by atomic mass is 10.0. The number of nitrogens with one attached hydrogen (secondary N) is 4. The highest BCUT2D eigenvalue weighted by molar-refractivity contribution is 6.05. The number of nitrogens with zero attached hydrogens (tertiary/aromatic N) is 1. The van der Waals surface area contributed by atoms with E-state index in [0.29, 0.717) is 22.6 Å². The fourth-order valence-electron chi connectivity index (χ4n) is 3.48. The standard InChI is InChI=1S/C25H26N6O2/c1-25(2,3)29-23(32)20-21(30-31-22(20)26)16-9-11-18(12-10-16)27-24(33)28-19-13-8-15-6-4-5-7-17(15)14-19/h4-14H,1-3H3,(H,29,32)(H3,26,30,31)(H2,27,28,33). The predicted molar refractivity (Wildman–Crippen MR) is 132 cm³/mol. The fraction of sp³-hybridized carbons (Fsp3) is 0.160. The number of carbonyl (C=O) groups excluding carboxylic acids is 2. The number of H-pyrrole nitrogens is 1. The molecule has 0 aliphatic heterocycles. The molecule has 0 aliphatic carbocycles. The summed E-state index contributed by atoms with van der Waals surface area (Å²) in [4.78, 5) is 25.1. The minimum absolute atomic E-state index is 0.128. The summed E-state index contributed by atoms with van der Waals surface area (Å²) in [7, 11) is 0. The van der Waals surface area contributed by atoms with Crippen molar-refractivity contribution >= 4 is 39.9 Å². The minimum Gasteiger partial charge on any atom is -0.382 e. The van der Waals surface area contributed by atoms with Gasteiger partial charge in [0.2, 0.25) is 0 Å².